The minimum absolute atomic E-state index is 0.0444. The molecule has 1 aliphatic heterocycles. The summed E-state index contributed by atoms with van der Waals surface area (Å²) in [5.41, 5.74) is 0.977. The number of carbonyl (C=O) groups is 1. The molecule has 1 rings (SSSR count). The number of urea groups is 1. The highest BCUT2D eigenvalue weighted by molar-refractivity contribution is 5.74. The highest BCUT2D eigenvalue weighted by Gasteiger charge is 2.25. The molecule has 1 fully saturated rings. The number of hydrogen-bond donors (Lipinski definition) is 2. The Morgan fingerprint density at radius 3 is 3.00 bits per heavy atom. The summed E-state index contributed by atoms with van der Waals surface area (Å²) in [6.07, 6.45) is 3.83. The van der Waals surface area contributed by atoms with Crippen LogP contribution in [0.25, 0.3) is 0 Å². The fraction of sp³-hybridized carbons (Fsp3) is 0.786. The van der Waals surface area contributed by atoms with Gasteiger partial charge in [0.15, 0.2) is 0 Å². The van der Waals surface area contributed by atoms with Crippen LogP contribution >= 0.6 is 0 Å². The lowest BCUT2D eigenvalue weighted by molar-refractivity contribution is 0.124. The maximum absolute atomic E-state index is 12.0. The number of aliphatic hydroxyl groups is 1. The van der Waals surface area contributed by atoms with Crippen LogP contribution in [0.3, 0.4) is 0 Å². The first kappa shape index (κ1) is 16.0. The minimum Gasteiger partial charge on any atom is -0.396 e. The number of amides is 2. The van der Waals surface area contributed by atoms with Crippen molar-refractivity contribution in [2.24, 2.45) is 0 Å². The molecule has 0 saturated carbocycles. The molecule has 1 heterocycles. The van der Waals surface area contributed by atoms with E-state index in [1.54, 1.807) is 0 Å². The number of hydrogen-bond acceptors (Lipinski definition) is 3. The molecule has 110 valence electrons. The largest absolute Gasteiger partial charge is 0.396 e. The first-order valence-electron chi connectivity index (χ1n) is 7.02. The van der Waals surface area contributed by atoms with E-state index in [2.05, 4.69) is 11.9 Å². The molecule has 1 unspecified atom stereocenters. The van der Waals surface area contributed by atoms with E-state index in [-0.39, 0.29) is 18.7 Å². The second-order valence-electron chi connectivity index (χ2n) is 5.10. The van der Waals surface area contributed by atoms with E-state index < -0.39 is 0 Å². The number of nitrogens with zero attached hydrogens (tertiary/aromatic N) is 1. The normalized spacial score (nSPS) is 19.3. The molecule has 0 aliphatic carbocycles. The molecule has 2 N–H and O–H groups in total. The van der Waals surface area contributed by atoms with Crippen LogP contribution in [0.4, 0.5) is 4.79 Å². The molecular weight excluding hydrogens is 244 g/mol. The third kappa shape index (κ3) is 6.07. The van der Waals surface area contributed by atoms with E-state index in [9.17, 15) is 4.79 Å². The van der Waals surface area contributed by atoms with Gasteiger partial charge in [-0.05, 0) is 32.6 Å². The highest BCUT2D eigenvalue weighted by Crippen LogP contribution is 2.19. The molecule has 0 aromatic heterocycles. The lowest BCUT2D eigenvalue weighted by Gasteiger charge is -2.35. The smallest absolute Gasteiger partial charge is 0.317 e. The van der Waals surface area contributed by atoms with Crippen molar-refractivity contribution in [3.63, 3.8) is 0 Å². The average Bonchev–Trinajstić information content (AvgIpc) is 2.39. The summed E-state index contributed by atoms with van der Waals surface area (Å²) < 4.78 is 5.33. The molecule has 19 heavy (non-hydrogen) atoms. The summed E-state index contributed by atoms with van der Waals surface area (Å²) in [7, 11) is 0. The van der Waals surface area contributed by atoms with E-state index in [1.807, 2.05) is 11.8 Å². The van der Waals surface area contributed by atoms with Gasteiger partial charge in [-0.25, -0.2) is 4.79 Å². The van der Waals surface area contributed by atoms with Gasteiger partial charge in [0.1, 0.15) is 0 Å². The van der Waals surface area contributed by atoms with Crippen LogP contribution in [0.2, 0.25) is 0 Å². The number of aliphatic hydroxyl groups excluding tert-OH is 1. The average molecular weight is 270 g/mol. The van der Waals surface area contributed by atoms with Crippen LogP contribution in [0.1, 0.15) is 32.6 Å². The molecular formula is C14H26N2O3. The van der Waals surface area contributed by atoms with E-state index >= 15 is 0 Å². The maximum atomic E-state index is 12.0. The molecule has 0 bridgehead atoms. The Hall–Kier alpha value is -1.07. The van der Waals surface area contributed by atoms with Crippen molar-refractivity contribution >= 4 is 6.03 Å². The highest BCUT2D eigenvalue weighted by atomic mass is 16.5. The molecule has 0 radical (unpaired) electrons. The van der Waals surface area contributed by atoms with Crippen molar-refractivity contribution in [3.8, 4) is 0 Å². The lowest BCUT2D eigenvalue weighted by atomic mass is 10.0. The van der Waals surface area contributed by atoms with Crippen LogP contribution in [0, 0.1) is 0 Å². The third-order valence-corrected chi connectivity index (χ3v) is 3.22. The van der Waals surface area contributed by atoms with Gasteiger partial charge in [-0.2, -0.15) is 0 Å². The monoisotopic (exact) mass is 270 g/mol. The van der Waals surface area contributed by atoms with E-state index in [0.717, 1.165) is 31.4 Å². The Balaban J connectivity index is 2.24. The molecule has 1 atom stereocenters. The maximum Gasteiger partial charge on any atom is 0.317 e. The Morgan fingerprint density at radius 2 is 2.32 bits per heavy atom. The van der Waals surface area contributed by atoms with Gasteiger partial charge < -0.3 is 20.1 Å². The summed E-state index contributed by atoms with van der Waals surface area (Å²) in [4.78, 5) is 13.9. The molecule has 0 aromatic rings. The van der Waals surface area contributed by atoms with Crippen LogP contribution in [-0.4, -0.2) is 55.0 Å². The molecule has 1 saturated heterocycles. The quantitative estimate of drug-likeness (QED) is 0.545. The molecule has 5 nitrogen and oxygen atoms in total. The second-order valence-corrected chi connectivity index (χ2v) is 5.10. The van der Waals surface area contributed by atoms with Crippen LogP contribution in [-0.2, 0) is 4.74 Å². The first-order chi connectivity index (χ1) is 9.15. The van der Waals surface area contributed by atoms with Gasteiger partial charge in [0.25, 0.3) is 0 Å². The minimum atomic E-state index is -0.0444. The van der Waals surface area contributed by atoms with E-state index in [1.165, 1.54) is 0 Å². The van der Waals surface area contributed by atoms with Crippen molar-refractivity contribution in [3.05, 3.63) is 12.2 Å². The fourth-order valence-corrected chi connectivity index (χ4v) is 2.30. The Bertz CT molecular complexity index is 292. The van der Waals surface area contributed by atoms with Gasteiger partial charge in [0.05, 0.1) is 13.2 Å². The number of likely N-dealkylation sites (tertiary alicyclic amines) is 1. The standard InChI is InChI=1S/C14H26N2O3/c1-12(2)11-19-10-7-15-14(18)16-8-4-3-5-13(16)6-9-17/h13,17H,1,3-11H2,2H3,(H,15,18). The van der Waals surface area contributed by atoms with Crippen LogP contribution < -0.4 is 5.32 Å². The van der Waals surface area contributed by atoms with Crippen molar-refractivity contribution < 1.29 is 14.6 Å². The predicted octanol–water partition coefficient (Wildman–Crippen LogP) is 1.53. The molecule has 0 aromatic carbocycles. The fourth-order valence-electron chi connectivity index (χ4n) is 2.30. The number of rotatable bonds is 7. The topological polar surface area (TPSA) is 61.8 Å². The van der Waals surface area contributed by atoms with Crippen molar-refractivity contribution in [1.82, 2.24) is 10.2 Å². The van der Waals surface area contributed by atoms with E-state index in [0.29, 0.717) is 26.2 Å². The lowest BCUT2D eigenvalue weighted by Crippen LogP contribution is -2.49. The van der Waals surface area contributed by atoms with Crippen molar-refractivity contribution in [1.29, 1.82) is 0 Å². The van der Waals surface area contributed by atoms with Gasteiger partial charge >= 0.3 is 6.03 Å². The summed E-state index contributed by atoms with van der Waals surface area (Å²) in [5, 5.41) is 11.9. The number of piperidine rings is 1. The molecule has 2 amide bonds. The molecule has 5 heteroatoms. The van der Waals surface area contributed by atoms with Gasteiger partial charge in [-0.3, -0.25) is 0 Å². The summed E-state index contributed by atoms with van der Waals surface area (Å²) in [5.74, 6) is 0. The third-order valence-electron chi connectivity index (χ3n) is 3.22. The Morgan fingerprint density at radius 1 is 1.53 bits per heavy atom. The van der Waals surface area contributed by atoms with E-state index in [4.69, 9.17) is 9.84 Å². The molecule has 1 aliphatic rings. The zero-order chi connectivity index (χ0) is 14.1. The van der Waals surface area contributed by atoms with Crippen LogP contribution in [0.5, 0.6) is 0 Å². The summed E-state index contributed by atoms with van der Waals surface area (Å²) in [6.45, 7) is 8.11. The zero-order valence-electron chi connectivity index (χ0n) is 11.9. The molecule has 0 spiro atoms. The number of ether oxygens (including phenoxy) is 1. The first-order valence-corrected chi connectivity index (χ1v) is 7.02. The van der Waals surface area contributed by atoms with Gasteiger partial charge in [0, 0.05) is 25.7 Å². The van der Waals surface area contributed by atoms with Crippen molar-refractivity contribution in [2.75, 3.05) is 32.9 Å². The zero-order valence-corrected chi connectivity index (χ0v) is 11.9. The number of nitrogens with one attached hydrogen (secondary N) is 1. The Labute approximate surface area is 115 Å². The van der Waals surface area contributed by atoms with Gasteiger partial charge in [-0.15, -0.1) is 0 Å². The Kier molecular flexibility index (Phi) is 7.52. The second kappa shape index (κ2) is 8.93. The predicted molar refractivity (Wildman–Crippen MR) is 75.1 cm³/mol. The van der Waals surface area contributed by atoms with Gasteiger partial charge in [-0.1, -0.05) is 12.2 Å². The van der Waals surface area contributed by atoms with Crippen LogP contribution in [0.15, 0.2) is 12.2 Å². The SMILES string of the molecule is C=C(C)COCCNC(=O)N1CCCCC1CCO. The van der Waals surface area contributed by atoms with Gasteiger partial charge in [0.2, 0.25) is 0 Å². The summed E-state index contributed by atoms with van der Waals surface area (Å²) in [6, 6.07) is 0.132. The summed E-state index contributed by atoms with van der Waals surface area (Å²) >= 11 is 0. The van der Waals surface area contributed by atoms with Crippen molar-refractivity contribution in [2.45, 2.75) is 38.6 Å². The number of carbonyl (C=O) groups excluding carboxylic acids is 1.